The molecule has 0 aromatic heterocycles. The van der Waals surface area contributed by atoms with E-state index in [4.69, 9.17) is 4.74 Å². The van der Waals surface area contributed by atoms with Crippen molar-refractivity contribution in [3.05, 3.63) is 83.2 Å². The van der Waals surface area contributed by atoms with Crippen LogP contribution in [0.15, 0.2) is 83.2 Å². The molecule has 0 aromatic rings. The molecule has 4 nitrogen and oxygen atoms in total. The number of hydrogen-bond acceptors (Lipinski definition) is 4. The van der Waals surface area contributed by atoms with Gasteiger partial charge in [0, 0.05) is 52.9 Å². The average Bonchev–Trinajstić information content (AvgIpc) is 3.63. The van der Waals surface area contributed by atoms with Gasteiger partial charge in [-0.25, -0.2) is 0 Å². The molecule has 53 heavy (non-hydrogen) atoms. The fourth-order valence-electron chi connectivity index (χ4n) is 14.6. The van der Waals surface area contributed by atoms with Crippen molar-refractivity contribution in [1.29, 1.82) is 0 Å². The predicted octanol–water partition coefficient (Wildman–Crippen LogP) is 10.9. The van der Waals surface area contributed by atoms with E-state index in [1.807, 2.05) is 11.0 Å². The van der Waals surface area contributed by atoms with Gasteiger partial charge in [0.05, 0.1) is 12.1 Å². The Balaban J connectivity index is 1.19. The molecule has 10 aliphatic rings. The molecular weight excluding hydrogens is 645 g/mol. The summed E-state index contributed by atoms with van der Waals surface area (Å²) < 4.78 is 7.27. The predicted molar refractivity (Wildman–Crippen MR) is 221 cm³/mol. The van der Waals surface area contributed by atoms with Gasteiger partial charge < -0.3 is 14.5 Å². The zero-order chi connectivity index (χ0) is 36.3. The van der Waals surface area contributed by atoms with E-state index >= 15 is 0 Å². The lowest BCUT2D eigenvalue weighted by Crippen LogP contribution is -2.69. The van der Waals surface area contributed by atoms with Crippen molar-refractivity contribution in [3.63, 3.8) is 0 Å². The zero-order valence-corrected chi connectivity index (χ0v) is 34.0. The molecule has 1 saturated carbocycles. The van der Waals surface area contributed by atoms with Crippen LogP contribution in [0.1, 0.15) is 138 Å². The Morgan fingerprint density at radius 1 is 0.906 bits per heavy atom. The minimum absolute atomic E-state index is 0.127. The van der Waals surface area contributed by atoms with Gasteiger partial charge in [0.15, 0.2) is 6.71 Å². The third-order valence-corrected chi connectivity index (χ3v) is 16.9. The SMILES string of the molecule is CC1CC2B3C4=C(CC(N(C5=CC=CCC5)C5C=CC=CC5)CC4N4C5C(=CC(C(C)(C)C)CC35)C3(CCCCC3)C4(C)C)N(C3C=CCCC3)C2O1. The Labute approximate surface area is 322 Å². The average molecular weight is 714 g/mol. The summed E-state index contributed by atoms with van der Waals surface area (Å²) in [6.45, 7) is 16.1. The van der Waals surface area contributed by atoms with Crippen LogP contribution in [0.4, 0.5) is 0 Å². The lowest BCUT2D eigenvalue weighted by atomic mass is 9.22. The highest BCUT2D eigenvalue weighted by Crippen LogP contribution is 2.70. The van der Waals surface area contributed by atoms with Gasteiger partial charge in [0.25, 0.3) is 0 Å². The highest BCUT2D eigenvalue weighted by atomic mass is 16.5. The van der Waals surface area contributed by atoms with Crippen molar-refractivity contribution in [3.8, 4) is 0 Å². The summed E-state index contributed by atoms with van der Waals surface area (Å²) >= 11 is 0. The van der Waals surface area contributed by atoms with Crippen molar-refractivity contribution < 1.29 is 4.74 Å². The molecule has 284 valence electrons. The Hall–Kier alpha value is -2.24. The third kappa shape index (κ3) is 5.27. The second-order valence-corrected chi connectivity index (χ2v) is 20.8. The van der Waals surface area contributed by atoms with Crippen molar-refractivity contribution in [1.82, 2.24) is 14.7 Å². The summed E-state index contributed by atoms with van der Waals surface area (Å²) in [6, 6.07) is 2.40. The van der Waals surface area contributed by atoms with Crippen LogP contribution in [0.2, 0.25) is 11.6 Å². The lowest BCUT2D eigenvalue weighted by Gasteiger charge is -2.63. The number of rotatable bonds is 4. The topological polar surface area (TPSA) is 19.0 Å². The number of nitrogens with zero attached hydrogens (tertiary/aromatic N) is 3. The van der Waals surface area contributed by atoms with E-state index in [-0.39, 0.29) is 22.6 Å². The van der Waals surface area contributed by atoms with Crippen molar-refractivity contribution in [2.75, 3.05) is 0 Å². The van der Waals surface area contributed by atoms with Crippen LogP contribution in [0.25, 0.3) is 0 Å². The van der Waals surface area contributed by atoms with Crippen molar-refractivity contribution in [2.45, 2.75) is 198 Å². The van der Waals surface area contributed by atoms with E-state index in [9.17, 15) is 0 Å². The molecule has 10 unspecified atom stereocenters. The third-order valence-electron chi connectivity index (χ3n) is 16.9. The van der Waals surface area contributed by atoms with Gasteiger partial charge in [0.1, 0.15) is 6.23 Å². The van der Waals surface area contributed by atoms with Gasteiger partial charge in [-0.3, -0.25) is 4.90 Å². The van der Waals surface area contributed by atoms with Crippen LogP contribution in [0.5, 0.6) is 0 Å². The molecule has 6 aliphatic carbocycles. The fraction of sp³-hybridized carbons (Fsp3) is 0.708. The first-order valence-electron chi connectivity index (χ1n) is 22.4. The van der Waals surface area contributed by atoms with Crippen molar-refractivity contribution in [2.24, 2.45) is 16.7 Å². The number of hydrogen-bond donors (Lipinski definition) is 0. The molecule has 4 heterocycles. The Kier molecular flexibility index (Phi) is 8.57. The maximum atomic E-state index is 7.27. The van der Waals surface area contributed by atoms with Crippen LogP contribution in [-0.2, 0) is 4.74 Å². The summed E-state index contributed by atoms with van der Waals surface area (Å²) in [7, 11) is 0. The van der Waals surface area contributed by atoms with E-state index in [2.05, 4.69) is 117 Å². The minimum atomic E-state index is 0.127. The van der Waals surface area contributed by atoms with Crippen LogP contribution in [-0.4, -0.2) is 69.5 Å². The van der Waals surface area contributed by atoms with Gasteiger partial charge in [0.2, 0.25) is 0 Å². The number of fused-ring (bicyclic) bond motifs is 5. The van der Waals surface area contributed by atoms with Crippen LogP contribution >= 0.6 is 0 Å². The van der Waals surface area contributed by atoms with Crippen LogP contribution in [0.3, 0.4) is 0 Å². The largest absolute Gasteiger partial charge is 0.365 e. The number of ether oxygens (including phenoxy) is 1. The molecular formula is C48H68BN3O. The summed E-state index contributed by atoms with van der Waals surface area (Å²) in [5.74, 6) is 1.90. The van der Waals surface area contributed by atoms with Gasteiger partial charge in [-0.15, -0.1) is 0 Å². The Morgan fingerprint density at radius 2 is 1.75 bits per heavy atom. The maximum absolute atomic E-state index is 7.27. The summed E-state index contributed by atoms with van der Waals surface area (Å²) in [4.78, 5) is 9.18. The van der Waals surface area contributed by atoms with Crippen molar-refractivity contribution >= 4 is 6.71 Å². The Morgan fingerprint density at radius 3 is 2.47 bits per heavy atom. The molecule has 0 radical (unpaired) electrons. The Bertz CT molecular complexity index is 1680. The van der Waals surface area contributed by atoms with Gasteiger partial charge in [-0.05, 0) is 126 Å². The highest BCUT2D eigenvalue weighted by Gasteiger charge is 2.71. The molecule has 1 spiro atoms. The standard InChI is InChI=1S/C48H68BN3O/c1-32-27-40-45(53-32)51(36-23-15-9-16-24-36)41-30-37(50(34-19-11-7-12-20-34)35-21-13-8-14-22-35)31-42-43(41)49(40)39-29-33(46(2,3)4)28-38-44(39)52(42)47(5,6)48(38)25-17-10-18-26-48/h7-8,11-13,15,19,21,23,28,32-34,36-37,39-40,42,44-45H,9-10,14,16-18,20,22,24-27,29-31H2,1-6H3. The first-order valence-corrected chi connectivity index (χ1v) is 22.4. The molecule has 3 saturated heterocycles. The summed E-state index contributed by atoms with van der Waals surface area (Å²) in [5, 5.41) is 0. The van der Waals surface area contributed by atoms with Crippen LogP contribution < -0.4 is 0 Å². The molecule has 4 fully saturated rings. The van der Waals surface area contributed by atoms with E-state index in [1.54, 1.807) is 11.4 Å². The van der Waals surface area contributed by atoms with Gasteiger partial charge in [-0.2, -0.15) is 0 Å². The monoisotopic (exact) mass is 714 g/mol. The first kappa shape index (κ1) is 35.2. The van der Waals surface area contributed by atoms with Gasteiger partial charge >= 0.3 is 0 Å². The molecule has 0 N–H and O–H groups in total. The zero-order valence-electron chi connectivity index (χ0n) is 34.0. The minimum Gasteiger partial charge on any atom is -0.365 e. The second kappa shape index (κ2) is 12.9. The molecule has 0 amide bonds. The normalized spacial score (nSPS) is 40.9. The lowest BCUT2D eigenvalue weighted by molar-refractivity contribution is -0.0594. The molecule has 0 bridgehead atoms. The maximum Gasteiger partial charge on any atom is 0.188 e. The van der Waals surface area contributed by atoms with E-state index < -0.39 is 0 Å². The van der Waals surface area contributed by atoms with Crippen LogP contribution in [0, 0.1) is 16.7 Å². The van der Waals surface area contributed by atoms with E-state index in [0.717, 1.165) is 25.7 Å². The van der Waals surface area contributed by atoms with E-state index in [0.29, 0.717) is 60.6 Å². The fourth-order valence-corrected chi connectivity index (χ4v) is 14.6. The molecule has 0 aromatic carbocycles. The molecule has 10 atom stereocenters. The quantitative estimate of drug-likeness (QED) is 0.213. The number of allylic oxidation sites excluding steroid dienone is 8. The summed E-state index contributed by atoms with van der Waals surface area (Å²) in [6.07, 6.45) is 44.4. The van der Waals surface area contributed by atoms with Gasteiger partial charge in [-0.1, -0.05) is 100 Å². The molecule has 5 heteroatoms. The molecule has 10 rings (SSSR count). The second-order valence-electron chi connectivity index (χ2n) is 20.8. The first-order chi connectivity index (χ1) is 25.6. The van der Waals surface area contributed by atoms with E-state index in [1.165, 1.54) is 70.6 Å². The molecule has 4 aliphatic heterocycles. The highest BCUT2D eigenvalue weighted by molar-refractivity contribution is 6.71. The smallest absolute Gasteiger partial charge is 0.188 e. The summed E-state index contributed by atoms with van der Waals surface area (Å²) in [5.41, 5.74) is 7.77.